The van der Waals surface area contributed by atoms with Crippen LogP contribution in [0.1, 0.15) is 45.4 Å². The Kier molecular flexibility index (Phi) is 8.82. The van der Waals surface area contributed by atoms with Gasteiger partial charge in [-0.25, -0.2) is 9.97 Å². The number of pyridine rings is 1. The third kappa shape index (κ3) is 6.64. The topological polar surface area (TPSA) is 95.2 Å². The van der Waals surface area contributed by atoms with Gasteiger partial charge < -0.3 is 25.3 Å². The maximum atomic E-state index is 11.4. The maximum absolute atomic E-state index is 11.4. The first-order valence-electron chi connectivity index (χ1n) is 12.5. The number of H-pyrrole nitrogens is 1. The molecule has 188 valence electrons. The predicted molar refractivity (Wildman–Crippen MR) is 141 cm³/mol. The van der Waals surface area contributed by atoms with Gasteiger partial charge in [0.05, 0.1) is 16.9 Å². The summed E-state index contributed by atoms with van der Waals surface area (Å²) in [4.78, 5) is 26.5. The molecule has 1 aromatic carbocycles. The molecule has 3 N–H and O–H groups in total. The van der Waals surface area contributed by atoms with Crippen molar-refractivity contribution in [1.29, 1.82) is 0 Å². The van der Waals surface area contributed by atoms with Crippen LogP contribution in [-0.4, -0.2) is 65.1 Å². The normalized spacial score (nSPS) is 14.8. The smallest absolute Gasteiger partial charge is 0.257 e. The first kappa shape index (κ1) is 25.3. The summed E-state index contributed by atoms with van der Waals surface area (Å²) in [5, 5.41) is 6.79. The van der Waals surface area contributed by atoms with Gasteiger partial charge in [0.25, 0.3) is 5.91 Å². The number of rotatable bonds is 11. The SMILES string of the molecule is CCCCCCN1CCC(Nc2c(Cl)cnc3nc(-c4ccc(OCC(=O)NC)cc4)[nH]c23)CC1. The number of aromatic nitrogens is 3. The van der Waals surface area contributed by atoms with Gasteiger partial charge in [0.15, 0.2) is 12.3 Å². The van der Waals surface area contributed by atoms with Crippen LogP contribution in [0.5, 0.6) is 5.75 Å². The van der Waals surface area contributed by atoms with E-state index >= 15 is 0 Å². The summed E-state index contributed by atoms with van der Waals surface area (Å²) in [6, 6.07) is 7.82. The molecule has 8 nitrogen and oxygen atoms in total. The number of halogens is 1. The van der Waals surface area contributed by atoms with Gasteiger partial charge in [0.2, 0.25) is 0 Å². The first-order valence-corrected chi connectivity index (χ1v) is 12.9. The van der Waals surface area contributed by atoms with Crippen LogP contribution in [-0.2, 0) is 4.79 Å². The van der Waals surface area contributed by atoms with E-state index in [0.29, 0.717) is 28.3 Å². The number of carbonyl (C=O) groups is 1. The third-order valence-corrected chi connectivity index (χ3v) is 6.80. The molecule has 2 aromatic heterocycles. The van der Waals surface area contributed by atoms with Crippen LogP contribution in [0.25, 0.3) is 22.6 Å². The predicted octanol–water partition coefficient (Wildman–Crippen LogP) is 4.86. The number of nitrogens with one attached hydrogen (secondary N) is 3. The summed E-state index contributed by atoms with van der Waals surface area (Å²) in [7, 11) is 1.58. The number of likely N-dealkylation sites (N-methyl/N-ethyl adjacent to an activating group) is 1. The molecule has 1 aliphatic heterocycles. The van der Waals surface area contributed by atoms with Crippen molar-refractivity contribution in [3.63, 3.8) is 0 Å². The molecule has 0 bridgehead atoms. The molecule has 0 aliphatic carbocycles. The molecule has 0 unspecified atom stereocenters. The highest BCUT2D eigenvalue weighted by atomic mass is 35.5. The second kappa shape index (κ2) is 12.2. The number of carbonyl (C=O) groups excluding carboxylic acids is 1. The van der Waals surface area contributed by atoms with E-state index in [-0.39, 0.29) is 12.5 Å². The molecule has 0 spiro atoms. The number of imidazole rings is 1. The molecule has 4 rings (SSSR count). The van der Waals surface area contributed by atoms with Crippen LogP contribution in [0.15, 0.2) is 30.5 Å². The van der Waals surface area contributed by atoms with Crippen LogP contribution < -0.4 is 15.4 Å². The number of anilines is 1. The van der Waals surface area contributed by atoms with Crippen LogP contribution in [0.3, 0.4) is 0 Å². The molecule has 35 heavy (non-hydrogen) atoms. The van der Waals surface area contributed by atoms with Gasteiger partial charge in [-0.2, -0.15) is 0 Å². The third-order valence-electron chi connectivity index (χ3n) is 6.51. The number of benzene rings is 1. The molecular formula is C26H35ClN6O2. The molecule has 9 heteroatoms. The van der Waals surface area contributed by atoms with Gasteiger partial charge in [-0.05, 0) is 50.1 Å². The van der Waals surface area contributed by atoms with E-state index in [1.54, 1.807) is 13.2 Å². The Labute approximate surface area is 211 Å². The number of fused-ring (bicyclic) bond motifs is 1. The lowest BCUT2D eigenvalue weighted by molar-refractivity contribution is -0.122. The van der Waals surface area contributed by atoms with E-state index in [4.69, 9.17) is 16.3 Å². The average Bonchev–Trinajstić information content (AvgIpc) is 3.33. The summed E-state index contributed by atoms with van der Waals surface area (Å²) < 4.78 is 5.48. The number of hydrogen-bond acceptors (Lipinski definition) is 6. The van der Waals surface area contributed by atoms with Crippen molar-refractivity contribution in [1.82, 2.24) is 25.2 Å². The minimum atomic E-state index is -0.174. The summed E-state index contributed by atoms with van der Waals surface area (Å²) in [6.07, 6.45) is 9.07. The second-order valence-corrected chi connectivity index (χ2v) is 9.48. The first-order chi connectivity index (χ1) is 17.1. The zero-order chi connectivity index (χ0) is 24.6. The van der Waals surface area contributed by atoms with Crippen LogP contribution in [0.4, 0.5) is 5.69 Å². The van der Waals surface area contributed by atoms with E-state index in [0.717, 1.165) is 42.7 Å². The lowest BCUT2D eigenvalue weighted by Crippen LogP contribution is -2.39. The number of nitrogens with zero attached hydrogens (tertiary/aromatic N) is 3. The van der Waals surface area contributed by atoms with Gasteiger partial charge in [-0.15, -0.1) is 0 Å². The van der Waals surface area contributed by atoms with Crippen molar-refractivity contribution < 1.29 is 9.53 Å². The Morgan fingerprint density at radius 3 is 2.69 bits per heavy atom. The lowest BCUT2D eigenvalue weighted by Gasteiger charge is -2.33. The number of ether oxygens (including phenoxy) is 1. The van der Waals surface area contributed by atoms with Crippen molar-refractivity contribution in [2.45, 2.75) is 51.5 Å². The number of unbranched alkanes of at least 4 members (excludes halogenated alkanes) is 3. The second-order valence-electron chi connectivity index (χ2n) is 9.07. The average molecular weight is 499 g/mol. The molecule has 3 heterocycles. The van der Waals surface area contributed by atoms with Gasteiger partial charge in [0.1, 0.15) is 17.1 Å². The molecule has 0 saturated carbocycles. The van der Waals surface area contributed by atoms with Crippen molar-refractivity contribution in [3.8, 4) is 17.1 Å². The Hall–Kier alpha value is -2.84. The minimum Gasteiger partial charge on any atom is -0.484 e. The number of likely N-dealkylation sites (tertiary alicyclic amines) is 1. The maximum Gasteiger partial charge on any atom is 0.257 e. The highest BCUT2D eigenvalue weighted by Crippen LogP contribution is 2.32. The lowest BCUT2D eigenvalue weighted by atomic mass is 10.0. The summed E-state index contributed by atoms with van der Waals surface area (Å²) in [6.45, 7) is 5.65. The van der Waals surface area contributed by atoms with Gasteiger partial charge in [0, 0.05) is 31.7 Å². The van der Waals surface area contributed by atoms with E-state index in [1.165, 1.54) is 32.2 Å². The molecule has 1 saturated heterocycles. The van der Waals surface area contributed by atoms with E-state index in [2.05, 4.69) is 37.4 Å². The fourth-order valence-electron chi connectivity index (χ4n) is 4.41. The highest BCUT2D eigenvalue weighted by Gasteiger charge is 2.21. The molecular weight excluding hydrogens is 464 g/mol. The Morgan fingerprint density at radius 2 is 1.97 bits per heavy atom. The van der Waals surface area contributed by atoms with Crippen molar-refractivity contribution in [2.75, 3.05) is 38.6 Å². The number of hydrogen-bond donors (Lipinski definition) is 3. The zero-order valence-corrected chi connectivity index (χ0v) is 21.3. The van der Waals surface area contributed by atoms with Gasteiger partial charge in [-0.1, -0.05) is 37.8 Å². The summed E-state index contributed by atoms with van der Waals surface area (Å²) in [5.74, 6) is 1.15. The fraction of sp³-hybridized carbons (Fsp3) is 0.500. The van der Waals surface area contributed by atoms with Gasteiger partial charge >= 0.3 is 0 Å². The van der Waals surface area contributed by atoms with Crippen molar-refractivity contribution in [3.05, 3.63) is 35.5 Å². The molecule has 1 aliphatic rings. The van der Waals surface area contributed by atoms with Gasteiger partial charge in [-0.3, -0.25) is 4.79 Å². The van der Waals surface area contributed by atoms with Crippen LogP contribution in [0.2, 0.25) is 5.02 Å². The molecule has 0 atom stereocenters. The number of amides is 1. The molecule has 0 radical (unpaired) electrons. The molecule has 3 aromatic rings. The van der Waals surface area contributed by atoms with Crippen molar-refractivity contribution in [2.24, 2.45) is 0 Å². The Morgan fingerprint density at radius 1 is 1.20 bits per heavy atom. The fourth-order valence-corrected chi connectivity index (χ4v) is 4.61. The quantitative estimate of drug-likeness (QED) is 0.327. The molecule has 1 amide bonds. The van der Waals surface area contributed by atoms with Crippen molar-refractivity contribution >= 4 is 34.4 Å². The summed E-state index contributed by atoms with van der Waals surface area (Å²) in [5.41, 5.74) is 3.20. The standard InChI is InChI=1S/C26H35ClN6O2/c1-3-4-5-6-13-33-14-11-19(12-15-33)30-23-21(27)16-29-26-24(23)31-25(32-26)18-7-9-20(10-8-18)35-17-22(34)28-2/h7-10,16,19H,3-6,11-15,17H2,1-2H3,(H,28,34)(H2,29,30,31,32). The Bertz CT molecular complexity index is 1110. The van der Waals surface area contributed by atoms with Crippen LogP contribution in [0, 0.1) is 0 Å². The number of piperidine rings is 1. The largest absolute Gasteiger partial charge is 0.484 e. The van der Waals surface area contributed by atoms with E-state index < -0.39 is 0 Å². The highest BCUT2D eigenvalue weighted by molar-refractivity contribution is 6.34. The van der Waals surface area contributed by atoms with E-state index in [9.17, 15) is 4.79 Å². The van der Waals surface area contributed by atoms with E-state index in [1.807, 2.05) is 24.3 Å². The Balaban J connectivity index is 1.41. The molecule has 1 fully saturated rings. The monoisotopic (exact) mass is 498 g/mol. The zero-order valence-electron chi connectivity index (χ0n) is 20.6. The summed E-state index contributed by atoms with van der Waals surface area (Å²) >= 11 is 6.57. The number of aromatic amines is 1. The van der Waals surface area contributed by atoms with Crippen LogP contribution >= 0.6 is 11.6 Å². The minimum absolute atomic E-state index is 0.0181.